The maximum Gasteiger partial charge on any atom is 0.392 e. The molecule has 0 aromatic carbocycles. The molecule has 0 aromatic rings. The number of alkyl halides is 3. The molecule has 7 heteroatoms. The lowest BCUT2D eigenvalue weighted by Gasteiger charge is -2.46. The average molecular weight is 648 g/mol. The largest absolute Gasteiger partial charge is 0.512 e. The van der Waals surface area contributed by atoms with Crippen molar-refractivity contribution in [1.82, 2.24) is 4.90 Å². The molecule has 0 saturated heterocycles. The van der Waals surface area contributed by atoms with Gasteiger partial charge in [0.2, 0.25) is 0 Å². The number of allylic oxidation sites excluding steroid dienone is 3. The maximum atomic E-state index is 14.1. The Bertz CT molecular complexity index is 1100. The molecule has 7 atom stereocenters. The zero-order chi connectivity index (χ0) is 33.0. The number of aliphatic hydroxyl groups excluding tert-OH is 2. The minimum atomic E-state index is -4.13. The van der Waals surface area contributed by atoms with Gasteiger partial charge in [-0.2, -0.15) is 13.2 Å². The molecule has 2 N–H and O–H groups in total. The van der Waals surface area contributed by atoms with Crippen molar-refractivity contribution >= 4 is 0 Å². The molecule has 0 amide bonds. The zero-order valence-electron chi connectivity index (χ0n) is 28.6. The summed E-state index contributed by atoms with van der Waals surface area (Å²) in [4.78, 5) is 2.52. The van der Waals surface area contributed by atoms with Crippen LogP contribution in [0.3, 0.4) is 0 Å². The highest BCUT2D eigenvalue weighted by atomic mass is 19.4. The first kappa shape index (κ1) is 35.6. The highest BCUT2D eigenvalue weighted by Gasteiger charge is 2.51. The Labute approximate surface area is 276 Å². The zero-order valence-corrected chi connectivity index (χ0v) is 28.6. The van der Waals surface area contributed by atoms with E-state index in [0.29, 0.717) is 49.0 Å². The van der Waals surface area contributed by atoms with E-state index in [4.69, 9.17) is 4.74 Å². The molecule has 5 aliphatic rings. The third-order valence-corrected chi connectivity index (χ3v) is 12.6. The van der Waals surface area contributed by atoms with Gasteiger partial charge in [0.05, 0.1) is 11.7 Å². The molecule has 1 aliphatic heterocycles. The van der Waals surface area contributed by atoms with E-state index in [1.54, 1.807) is 0 Å². The second kappa shape index (κ2) is 15.7. The number of hydrogen-bond donors (Lipinski definition) is 2. The van der Waals surface area contributed by atoms with E-state index in [0.717, 1.165) is 77.2 Å². The third kappa shape index (κ3) is 8.64. The monoisotopic (exact) mass is 647 g/mol. The van der Waals surface area contributed by atoms with Crippen LogP contribution in [0.5, 0.6) is 0 Å². The Morgan fingerprint density at radius 3 is 2.48 bits per heavy atom. The summed E-state index contributed by atoms with van der Waals surface area (Å²) in [6.45, 7) is 11.8. The van der Waals surface area contributed by atoms with Gasteiger partial charge in [0, 0.05) is 31.0 Å². The summed E-state index contributed by atoms with van der Waals surface area (Å²) in [6.07, 6.45) is 15.7. The number of hydrogen-bond acceptors (Lipinski definition) is 4. The molecule has 3 fully saturated rings. The van der Waals surface area contributed by atoms with Crippen LogP contribution >= 0.6 is 0 Å². The van der Waals surface area contributed by atoms with Gasteiger partial charge in [-0.25, -0.2) is 0 Å². The van der Waals surface area contributed by atoms with Gasteiger partial charge in [0.25, 0.3) is 0 Å². The normalized spacial score (nSPS) is 38.2. The van der Waals surface area contributed by atoms with Crippen LogP contribution in [0, 0.1) is 53.3 Å². The highest BCUT2D eigenvalue weighted by molar-refractivity contribution is 5.20. The van der Waals surface area contributed by atoms with Crippen LogP contribution in [-0.2, 0) is 4.74 Å². The van der Waals surface area contributed by atoms with Gasteiger partial charge in [0.15, 0.2) is 6.29 Å². The van der Waals surface area contributed by atoms with Crippen molar-refractivity contribution in [3.63, 3.8) is 0 Å². The molecule has 3 saturated carbocycles. The molecule has 0 radical (unpaired) electrons. The van der Waals surface area contributed by atoms with Crippen molar-refractivity contribution in [1.29, 1.82) is 0 Å². The SMILES string of the molecule is C=CCC1CC(C2CCC(C(O)OCC)CC2)=CN1CC1CC(/C(O)=C/CC2CCC(C3CC(C)C3)C(C(F)(F)F)C2)CC=C1C. The minimum absolute atomic E-state index is 0.00971. The van der Waals surface area contributed by atoms with E-state index in [9.17, 15) is 23.4 Å². The Hall–Kier alpha value is -1.73. The Morgan fingerprint density at radius 2 is 1.83 bits per heavy atom. The Morgan fingerprint density at radius 1 is 1.09 bits per heavy atom. The first-order valence-corrected chi connectivity index (χ1v) is 18.5. The molecule has 260 valence electrons. The van der Waals surface area contributed by atoms with Crippen LogP contribution in [-0.4, -0.2) is 46.8 Å². The number of ether oxygens (including phenoxy) is 1. The van der Waals surface area contributed by atoms with Gasteiger partial charge >= 0.3 is 6.18 Å². The van der Waals surface area contributed by atoms with E-state index >= 15 is 0 Å². The standard InChI is InChI=1S/C39H60F3NO3/c1-5-7-34-22-33(28-12-14-29(15-13-28)38(45)46-6-2)24-43(34)23-32-21-30(11-8-26(32)4)37(44)17-10-27-9-16-35(31-18-25(3)19-31)36(20-27)39(40,41)42/h5,8,17,24-25,27-32,34-36,38,44-45H,1,6-7,9-16,18-23H2,2-4H3/b37-17-. The van der Waals surface area contributed by atoms with E-state index < -0.39 is 18.4 Å². The third-order valence-electron chi connectivity index (χ3n) is 12.6. The highest BCUT2D eigenvalue weighted by Crippen LogP contribution is 2.53. The van der Waals surface area contributed by atoms with E-state index in [1.807, 2.05) is 19.1 Å². The van der Waals surface area contributed by atoms with Crippen molar-refractivity contribution in [2.45, 2.75) is 129 Å². The van der Waals surface area contributed by atoms with Crippen LogP contribution in [0.25, 0.3) is 0 Å². The topological polar surface area (TPSA) is 52.9 Å². The van der Waals surface area contributed by atoms with Gasteiger partial charge in [0.1, 0.15) is 0 Å². The smallest absolute Gasteiger partial charge is 0.392 e. The molecule has 4 aliphatic carbocycles. The molecule has 5 rings (SSSR count). The predicted octanol–water partition coefficient (Wildman–Crippen LogP) is 10.1. The lowest BCUT2D eigenvalue weighted by atomic mass is 9.60. The van der Waals surface area contributed by atoms with Crippen LogP contribution in [0.1, 0.15) is 111 Å². The summed E-state index contributed by atoms with van der Waals surface area (Å²) in [5.74, 6) is 0.883. The van der Waals surface area contributed by atoms with Gasteiger partial charge in [-0.3, -0.25) is 0 Å². The van der Waals surface area contributed by atoms with Crippen LogP contribution in [0.2, 0.25) is 0 Å². The van der Waals surface area contributed by atoms with E-state index in [-0.39, 0.29) is 36.0 Å². The van der Waals surface area contributed by atoms with Crippen LogP contribution in [0.15, 0.2) is 47.9 Å². The molecule has 0 spiro atoms. The first-order chi connectivity index (χ1) is 22.0. The summed E-state index contributed by atoms with van der Waals surface area (Å²) in [6, 6.07) is 0.399. The average Bonchev–Trinajstić information content (AvgIpc) is 3.41. The van der Waals surface area contributed by atoms with Gasteiger partial charge in [-0.15, -0.1) is 6.58 Å². The lowest BCUT2D eigenvalue weighted by molar-refractivity contribution is -0.211. The second-order valence-corrected chi connectivity index (χ2v) is 15.7. The summed E-state index contributed by atoms with van der Waals surface area (Å²) in [5, 5.41) is 21.5. The molecular weight excluding hydrogens is 587 g/mol. The maximum absolute atomic E-state index is 14.1. The van der Waals surface area contributed by atoms with Crippen molar-refractivity contribution in [3.05, 3.63) is 47.9 Å². The predicted molar refractivity (Wildman–Crippen MR) is 179 cm³/mol. The van der Waals surface area contributed by atoms with Crippen LogP contribution in [0.4, 0.5) is 13.2 Å². The summed E-state index contributed by atoms with van der Waals surface area (Å²) in [7, 11) is 0. The van der Waals surface area contributed by atoms with E-state index in [1.165, 1.54) is 11.1 Å². The molecule has 0 bridgehead atoms. The fraction of sp³-hybridized carbons (Fsp3) is 0.795. The van der Waals surface area contributed by atoms with Gasteiger partial charge in [-0.1, -0.05) is 24.6 Å². The van der Waals surface area contributed by atoms with Crippen molar-refractivity contribution in [2.75, 3.05) is 13.2 Å². The molecular formula is C39H60F3NO3. The first-order valence-electron chi connectivity index (χ1n) is 18.5. The lowest BCUT2D eigenvalue weighted by Crippen LogP contribution is -2.42. The molecule has 4 nitrogen and oxygen atoms in total. The fourth-order valence-electron chi connectivity index (χ4n) is 9.77. The summed E-state index contributed by atoms with van der Waals surface area (Å²) >= 11 is 0. The summed E-state index contributed by atoms with van der Waals surface area (Å²) < 4.78 is 47.8. The number of rotatable bonds is 12. The second-order valence-electron chi connectivity index (χ2n) is 15.7. The number of aliphatic hydroxyl groups is 2. The molecule has 7 unspecified atom stereocenters. The van der Waals surface area contributed by atoms with Gasteiger partial charge in [-0.05, 0) is 157 Å². The van der Waals surface area contributed by atoms with Gasteiger partial charge < -0.3 is 19.8 Å². The van der Waals surface area contributed by atoms with E-state index in [2.05, 4.69) is 37.6 Å². The quantitative estimate of drug-likeness (QED) is 0.126. The minimum Gasteiger partial charge on any atom is -0.512 e. The molecule has 46 heavy (non-hydrogen) atoms. The number of nitrogens with zero attached hydrogens (tertiary/aromatic N) is 1. The Balaban J connectivity index is 1.16. The van der Waals surface area contributed by atoms with Crippen molar-refractivity contribution < 1.29 is 28.1 Å². The fourth-order valence-corrected chi connectivity index (χ4v) is 9.77. The summed E-state index contributed by atoms with van der Waals surface area (Å²) in [5.41, 5.74) is 2.89. The Kier molecular flexibility index (Phi) is 12.1. The van der Waals surface area contributed by atoms with Crippen molar-refractivity contribution in [3.8, 4) is 0 Å². The molecule has 0 aromatic heterocycles. The van der Waals surface area contributed by atoms with Crippen LogP contribution < -0.4 is 0 Å². The number of halogens is 3. The van der Waals surface area contributed by atoms with Crippen molar-refractivity contribution in [2.24, 2.45) is 53.3 Å². The molecule has 1 heterocycles.